The Morgan fingerprint density at radius 2 is 1.22 bits per heavy atom. The standard InChI is InChI=1S/C15H18ClPSi/c1-18(2,16)13-17(14-9-5-3-6-10-14)15-11-7-4-8-12-15/h3-12H,13H2,1-2H3. The summed E-state index contributed by atoms with van der Waals surface area (Å²) in [6, 6.07) is 21.6. The van der Waals surface area contributed by atoms with Gasteiger partial charge in [-0.3, -0.25) is 0 Å². The first kappa shape index (κ1) is 13.8. The maximum absolute atomic E-state index is 6.58. The van der Waals surface area contributed by atoms with Crippen LogP contribution in [0.5, 0.6) is 0 Å². The lowest BCUT2D eigenvalue weighted by molar-refractivity contribution is 1.72. The highest BCUT2D eigenvalue weighted by Gasteiger charge is 2.25. The molecule has 0 nitrogen and oxygen atoms in total. The van der Waals surface area contributed by atoms with Crippen molar-refractivity contribution in [2.75, 3.05) is 5.79 Å². The van der Waals surface area contributed by atoms with Crippen LogP contribution in [-0.4, -0.2) is 13.2 Å². The number of halogens is 1. The van der Waals surface area contributed by atoms with Crippen LogP contribution in [0.2, 0.25) is 13.1 Å². The van der Waals surface area contributed by atoms with Gasteiger partial charge in [0.2, 0.25) is 0 Å². The van der Waals surface area contributed by atoms with Gasteiger partial charge in [0, 0.05) is 0 Å². The van der Waals surface area contributed by atoms with Crippen LogP contribution in [0.15, 0.2) is 60.7 Å². The molecule has 0 spiro atoms. The number of hydrogen-bond donors (Lipinski definition) is 0. The molecule has 0 heterocycles. The lowest BCUT2D eigenvalue weighted by atomic mass is 10.4. The van der Waals surface area contributed by atoms with E-state index in [9.17, 15) is 0 Å². The molecule has 0 N–H and O–H groups in total. The number of benzene rings is 2. The van der Waals surface area contributed by atoms with Gasteiger partial charge < -0.3 is 0 Å². The van der Waals surface area contributed by atoms with Crippen LogP contribution in [0.3, 0.4) is 0 Å². The summed E-state index contributed by atoms with van der Waals surface area (Å²) in [5.74, 6) is 1.14. The first-order valence-corrected chi connectivity index (χ1v) is 11.9. The zero-order chi connectivity index (χ0) is 13.0. The van der Waals surface area contributed by atoms with Gasteiger partial charge in [0.05, 0.1) is 0 Å². The van der Waals surface area contributed by atoms with Gasteiger partial charge in [-0.2, -0.15) is 11.1 Å². The molecule has 0 saturated heterocycles. The first-order valence-electron chi connectivity index (χ1n) is 6.13. The third-order valence-electron chi connectivity index (χ3n) is 2.67. The molecule has 94 valence electrons. The molecule has 2 aromatic rings. The molecule has 2 aromatic carbocycles. The van der Waals surface area contributed by atoms with Crippen molar-refractivity contribution >= 4 is 37.0 Å². The predicted molar refractivity (Wildman–Crippen MR) is 87.3 cm³/mol. The van der Waals surface area contributed by atoms with E-state index in [-0.39, 0.29) is 7.92 Å². The molecule has 0 aliphatic carbocycles. The van der Waals surface area contributed by atoms with Gasteiger partial charge in [-0.25, -0.2) is 0 Å². The molecule has 0 fully saturated rings. The Morgan fingerprint density at radius 1 is 0.833 bits per heavy atom. The summed E-state index contributed by atoms with van der Waals surface area (Å²) in [6.45, 7) is 4.46. The third-order valence-corrected chi connectivity index (χ3v) is 9.86. The van der Waals surface area contributed by atoms with Crippen LogP contribution in [0.1, 0.15) is 0 Å². The minimum Gasteiger partial charge on any atom is -0.167 e. The first-order chi connectivity index (χ1) is 8.56. The van der Waals surface area contributed by atoms with E-state index in [1.54, 1.807) is 0 Å². The van der Waals surface area contributed by atoms with E-state index < -0.39 is 7.38 Å². The van der Waals surface area contributed by atoms with Crippen molar-refractivity contribution < 1.29 is 0 Å². The van der Waals surface area contributed by atoms with E-state index in [1.807, 2.05) is 0 Å². The van der Waals surface area contributed by atoms with Gasteiger partial charge in [0.1, 0.15) is 0 Å². The van der Waals surface area contributed by atoms with E-state index in [1.165, 1.54) is 10.6 Å². The Hall–Kier alpha value is -0.623. The molecule has 0 aliphatic heterocycles. The lowest BCUT2D eigenvalue weighted by Crippen LogP contribution is -2.28. The molecule has 0 unspecified atom stereocenters. The highest BCUT2D eigenvalue weighted by molar-refractivity contribution is 7.76. The molecule has 0 aliphatic rings. The quantitative estimate of drug-likeness (QED) is 0.452. The molecule has 18 heavy (non-hydrogen) atoms. The fourth-order valence-electron chi connectivity index (χ4n) is 1.92. The summed E-state index contributed by atoms with van der Waals surface area (Å²) in [5, 5.41) is 2.86. The van der Waals surface area contributed by atoms with E-state index >= 15 is 0 Å². The summed E-state index contributed by atoms with van der Waals surface area (Å²) in [5.41, 5.74) is 0. The SMILES string of the molecule is C[Si](C)(Cl)CP(c1ccccc1)c1ccccc1. The second kappa shape index (κ2) is 6.01. The monoisotopic (exact) mass is 292 g/mol. The molecular weight excluding hydrogens is 275 g/mol. The topological polar surface area (TPSA) is 0 Å². The zero-order valence-corrected chi connectivity index (χ0v) is 13.5. The third kappa shape index (κ3) is 3.95. The van der Waals surface area contributed by atoms with Crippen molar-refractivity contribution in [3.63, 3.8) is 0 Å². The Kier molecular flexibility index (Phi) is 4.61. The van der Waals surface area contributed by atoms with Crippen LogP contribution in [0.4, 0.5) is 0 Å². The maximum atomic E-state index is 6.58. The second-order valence-corrected chi connectivity index (χ2v) is 14.6. The van der Waals surface area contributed by atoms with Crippen molar-refractivity contribution in [1.82, 2.24) is 0 Å². The van der Waals surface area contributed by atoms with E-state index in [0.717, 1.165) is 5.79 Å². The maximum Gasteiger partial charge on any atom is 0.155 e. The predicted octanol–water partition coefficient (Wildman–Crippen LogP) is 4.10. The van der Waals surface area contributed by atoms with Crippen LogP contribution < -0.4 is 10.6 Å². The Bertz CT molecular complexity index is 439. The molecule has 0 amide bonds. The molecule has 0 atom stereocenters. The van der Waals surface area contributed by atoms with Crippen molar-refractivity contribution in [3.05, 3.63) is 60.7 Å². The molecular formula is C15H18ClPSi. The molecule has 0 saturated carbocycles. The largest absolute Gasteiger partial charge is 0.167 e. The van der Waals surface area contributed by atoms with Crippen molar-refractivity contribution in [2.45, 2.75) is 13.1 Å². The molecule has 0 radical (unpaired) electrons. The average Bonchev–Trinajstić information content (AvgIpc) is 2.37. The van der Waals surface area contributed by atoms with Gasteiger partial charge in [0.15, 0.2) is 7.38 Å². The molecule has 0 bridgehead atoms. The van der Waals surface area contributed by atoms with Crippen LogP contribution in [0.25, 0.3) is 0 Å². The van der Waals surface area contributed by atoms with Crippen LogP contribution in [0, 0.1) is 0 Å². The lowest BCUT2D eigenvalue weighted by Gasteiger charge is -2.24. The van der Waals surface area contributed by atoms with Gasteiger partial charge in [-0.15, -0.1) is 0 Å². The Morgan fingerprint density at radius 3 is 1.56 bits per heavy atom. The molecule has 0 aromatic heterocycles. The highest BCUT2D eigenvalue weighted by atomic mass is 35.6. The summed E-state index contributed by atoms with van der Waals surface area (Å²) < 4.78 is 0. The van der Waals surface area contributed by atoms with Gasteiger partial charge in [0.25, 0.3) is 0 Å². The minimum atomic E-state index is -1.58. The van der Waals surface area contributed by atoms with Crippen LogP contribution >= 0.6 is 19.0 Å². The summed E-state index contributed by atoms with van der Waals surface area (Å²) in [4.78, 5) is 0. The van der Waals surface area contributed by atoms with Gasteiger partial charge in [-0.1, -0.05) is 73.8 Å². The van der Waals surface area contributed by atoms with Crippen molar-refractivity contribution in [3.8, 4) is 0 Å². The van der Waals surface area contributed by atoms with Crippen molar-refractivity contribution in [1.29, 1.82) is 0 Å². The van der Waals surface area contributed by atoms with Crippen molar-refractivity contribution in [2.24, 2.45) is 0 Å². The number of rotatable bonds is 4. The summed E-state index contributed by atoms with van der Waals surface area (Å²) >= 11 is 6.58. The highest BCUT2D eigenvalue weighted by Crippen LogP contribution is 2.37. The Balaban J connectivity index is 2.36. The second-order valence-electron chi connectivity index (χ2n) is 4.98. The Labute approximate surface area is 116 Å². The fourth-order valence-corrected chi connectivity index (χ4v) is 8.83. The van der Waals surface area contributed by atoms with E-state index in [4.69, 9.17) is 11.1 Å². The van der Waals surface area contributed by atoms with Gasteiger partial charge >= 0.3 is 0 Å². The van der Waals surface area contributed by atoms with E-state index in [0.29, 0.717) is 0 Å². The van der Waals surface area contributed by atoms with E-state index in [2.05, 4.69) is 73.8 Å². The minimum absolute atomic E-state index is 0.309. The summed E-state index contributed by atoms with van der Waals surface area (Å²) in [7, 11) is -1.89. The zero-order valence-electron chi connectivity index (χ0n) is 10.8. The van der Waals surface area contributed by atoms with Gasteiger partial charge in [-0.05, 0) is 24.3 Å². The fraction of sp³-hybridized carbons (Fsp3) is 0.200. The normalized spacial score (nSPS) is 11.8. The number of hydrogen-bond acceptors (Lipinski definition) is 0. The average molecular weight is 293 g/mol. The molecule has 2 rings (SSSR count). The summed E-state index contributed by atoms with van der Waals surface area (Å²) in [6.07, 6.45) is 0. The van der Waals surface area contributed by atoms with Crippen LogP contribution in [-0.2, 0) is 0 Å². The smallest absolute Gasteiger partial charge is 0.155 e. The molecule has 3 heteroatoms.